The van der Waals surface area contributed by atoms with Gasteiger partial charge in [-0.15, -0.1) is 0 Å². The summed E-state index contributed by atoms with van der Waals surface area (Å²) in [6.45, 7) is 9.14. The highest BCUT2D eigenvalue weighted by atomic mass is 35.5. The number of aromatic nitrogens is 4. The molecule has 0 aliphatic carbocycles. The van der Waals surface area contributed by atoms with Crippen LogP contribution >= 0.6 is 23.4 Å². The third-order valence-corrected chi connectivity index (χ3v) is 7.00. The number of hydrogen-bond acceptors (Lipinski definition) is 8. The minimum Gasteiger partial charge on any atom is -0.444 e. The van der Waals surface area contributed by atoms with Gasteiger partial charge in [0.25, 0.3) is 0 Å². The third kappa shape index (κ3) is 5.27. The fourth-order valence-corrected chi connectivity index (χ4v) is 4.83. The smallest absolute Gasteiger partial charge is 0.408 e. The predicted octanol–water partition coefficient (Wildman–Crippen LogP) is 4.39. The van der Waals surface area contributed by atoms with Crippen molar-refractivity contribution in [2.45, 2.75) is 61.6 Å². The summed E-state index contributed by atoms with van der Waals surface area (Å²) < 4.78 is 7.28. The van der Waals surface area contributed by atoms with Crippen molar-refractivity contribution >= 4 is 46.6 Å². The van der Waals surface area contributed by atoms with Gasteiger partial charge in [-0.1, -0.05) is 23.4 Å². The van der Waals surface area contributed by atoms with Crippen molar-refractivity contribution in [3.05, 3.63) is 35.7 Å². The fourth-order valence-electron chi connectivity index (χ4n) is 3.72. The summed E-state index contributed by atoms with van der Waals surface area (Å²) in [5, 5.41) is 8.77. The van der Waals surface area contributed by atoms with Crippen LogP contribution in [0.15, 0.2) is 40.6 Å². The molecule has 176 valence electrons. The fraction of sp³-hybridized carbons (Fsp3) is 0.455. The van der Waals surface area contributed by atoms with Gasteiger partial charge >= 0.3 is 6.09 Å². The number of nitrogens with two attached hydrogens (primary N) is 1. The highest BCUT2D eigenvalue weighted by Crippen LogP contribution is 2.36. The lowest BCUT2D eigenvalue weighted by atomic mass is 9.90. The van der Waals surface area contributed by atoms with Gasteiger partial charge in [0.05, 0.1) is 17.4 Å². The van der Waals surface area contributed by atoms with E-state index in [2.05, 4.69) is 27.2 Å². The molecule has 1 saturated heterocycles. The monoisotopic (exact) mass is 489 g/mol. The van der Waals surface area contributed by atoms with Crippen molar-refractivity contribution in [1.29, 1.82) is 0 Å². The highest BCUT2D eigenvalue weighted by molar-refractivity contribution is 7.99. The SMILES string of the molecule is CC1(NC(=O)OC(C)(C)C)CCN(c2ncc(Sc3ccnc(N)c3Cl)n3nccc23)CC1. The minimum absolute atomic E-state index is 0.291. The number of alkyl carbamates (subject to hydrolysis) is 1. The summed E-state index contributed by atoms with van der Waals surface area (Å²) in [4.78, 5) is 24.0. The molecule has 1 fully saturated rings. The van der Waals surface area contributed by atoms with E-state index in [0.29, 0.717) is 10.8 Å². The Labute approximate surface area is 202 Å². The van der Waals surface area contributed by atoms with E-state index in [-0.39, 0.29) is 11.6 Å². The van der Waals surface area contributed by atoms with Crippen molar-refractivity contribution in [2.75, 3.05) is 23.7 Å². The van der Waals surface area contributed by atoms with E-state index in [1.165, 1.54) is 11.8 Å². The summed E-state index contributed by atoms with van der Waals surface area (Å²) in [6, 6.07) is 3.76. The largest absolute Gasteiger partial charge is 0.444 e. The Morgan fingerprint density at radius 3 is 2.67 bits per heavy atom. The van der Waals surface area contributed by atoms with Gasteiger partial charge < -0.3 is 20.7 Å². The van der Waals surface area contributed by atoms with E-state index in [9.17, 15) is 4.79 Å². The zero-order valence-corrected chi connectivity index (χ0v) is 20.7. The standard InChI is InChI=1S/C22H28ClN7O2S/c1-21(2,3)32-20(31)28-22(4)7-11-29(12-8-22)19-14-5-10-27-30(14)16(13-26-19)33-15-6-9-25-18(24)17(15)23/h5-6,9-10,13H,7-8,11-12H2,1-4H3,(H2,24,25)(H,28,31). The number of hydrogen-bond donors (Lipinski definition) is 2. The molecular formula is C22H28ClN7O2S. The summed E-state index contributed by atoms with van der Waals surface area (Å²) >= 11 is 7.75. The molecule has 3 N–H and O–H groups in total. The molecule has 3 aromatic heterocycles. The first-order chi connectivity index (χ1) is 15.5. The second-order valence-electron chi connectivity index (χ2n) is 9.33. The summed E-state index contributed by atoms with van der Waals surface area (Å²) in [7, 11) is 0. The number of nitrogens with zero attached hydrogens (tertiary/aromatic N) is 5. The third-order valence-electron chi connectivity index (χ3n) is 5.44. The van der Waals surface area contributed by atoms with Crippen LogP contribution in [0.3, 0.4) is 0 Å². The molecule has 11 heteroatoms. The number of nitrogens with one attached hydrogen (secondary N) is 1. The van der Waals surface area contributed by atoms with Crippen molar-refractivity contribution in [3.63, 3.8) is 0 Å². The molecule has 0 saturated carbocycles. The number of carbonyl (C=O) groups is 1. The van der Waals surface area contributed by atoms with Crippen molar-refractivity contribution in [3.8, 4) is 0 Å². The zero-order valence-electron chi connectivity index (χ0n) is 19.1. The summed E-state index contributed by atoms with van der Waals surface area (Å²) in [5.74, 6) is 1.15. The maximum atomic E-state index is 12.3. The Morgan fingerprint density at radius 1 is 1.24 bits per heavy atom. The molecule has 4 rings (SSSR count). The molecule has 0 aromatic carbocycles. The minimum atomic E-state index is -0.523. The number of amides is 1. The van der Waals surface area contributed by atoms with Crippen LogP contribution in [0.1, 0.15) is 40.5 Å². The highest BCUT2D eigenvalue weighted by Gasteiger charge is 2.34. The number of halogens is 1. The Kier molecular flexibility index (Phi) is 6.32. The van der Waals surface area contributed by atoms with Gasteiger partial charge in [0.1, 0.15) is 22.0 Å². The van der Waals surface area contributed by atoms with Crippen LogP contribution in [0.2, 0.25) is 5.02 Å². The molecule has 33 heavy (non-hydrogen) atoms. The van der Waals surface area contributed by atoms with Crippen LogP contribution in [-0.4, -0.2) is 49.9 Å². The Hall–Kier alpha value is -2.72. The second-order valence-corrected chi connectivity index (χ2v) is 10.8. The average Bonchev–Trinajstić information content (AvgIpc) is 3.21. The van der Waals surface area contributed by atoms with Crippen molar-refractivity contribution in [2.24, 2.45) is 0 Å². The molecule has 1 amide bonds. The van der Waals surface area contributed by atoms with Crippen LogP contribution in [0.5, 0.6) is 0 Å². The van der Waals surface area contributed by atoms with E-state index < -0.39 is 5.60 Å². The quantitative estimate of drug-likeness (QED) is 0.555. The predicted molar refractivity (Wildman–Crippen MR) is 130 cm³/mol. The summed E-state index contributed by atoms with van der Waals surface area (Å²) in [5.41, 5.74) is 5.89. The van der Waals surface area contributed by atoms with Crippen molar-refractivity contribution in [1.82, 2.24) is 24.9 Å². The number of pyridine rings is 1. The molecule has 1 aliphatic heterocycles. The van der Waals surface area contributed by atoms with E-state index >= 15 is 0 Å². The normalized spacial score (nSPS) is 16.1. The number of nitrogen functional groups attached to an aromatic ring is 1. The maximum Gasteiger partial charge on any atom is 0.408 e. The van der Waals surface area contributed by atoms with Gasteiger partial charge in [-0.05, 0) is 52.7 Å². The van der Waals surface area contributed by atoms with Crippen LogP contribution in [0.4, 0.5) is 16.4 Å². The van der Waals surface area contributed by atoms with Crippen LogP contribution in [0.25, 0.3) is 5.52 Å². The average molecular weight is 490 g/mol. The van der Waals surface area contributed by atoms with E-state index in [0.717, 1.165) is 47.2 Å². The maximum absolute atomic E-state index is 12.3. The Balaban J connectivity index is 1.49. The molecule has 9 nitrogen and oxygen atoms in total. The first-order valence-electron chi connectivity index (χ1n) is 10.7. The lowest BCUT2D eigenvalue weighted by Gasteiger charge is -2.40. The number of rotatable bonds is 4. The number of anilines is 2. The number of ether oxygens (including phenoxy) is 1. The molecule has 1 aliphatic rings. The van der Waals surface area contributed by atoms with Gasteiger partial charge in [0, 0.05) is 29.7 Å². The number of fused-ring (bicyclic) bond motifs is 1. The number of piperidine rings is 1. The van der Waals surface area contributed by atoms with E-state index in [4.69, 9.17) is 27.1 Å². The molecule has 0 spiro atoms. The lowest BCUT2D eigenvalue weighted by molar-refractivity contribution is 0.0448. The zero-order chi connectivity index (χ0) is 23.8. The summed E-state index contributed by atoms with van der Waals surface area (Å²) in [6.07, 6.45) is 6.34. The van der Waals surface area contributed by atoms with Crippen LogP contribution < -0.4 is 16.0 Å². The first kappa shape index (κ1) is 23.4. The molecular weight excluding hydrogens is 462 g/mol. The van der Waals surface area contributed by atoms with Gasteiger partial charge in [-0.25, -0.2) is 19.3 Å². The molecule has 0 unspecified atom stereocenters. The van der Waals surface area contributed by atoms with E-state index in [1.807, 2.05) is 37.4 Å². The second kappa shape index (κ2) is 8.90. The Bertz CT molecular complexity index is 1170. The van der Waals surface area contributed by atoms with Crippen LogP contribution in [-0.2, 0) is 4.74 Å². The van der Waals surface area contributed by atoms with Gasteiger partial charge in [0.15, 0.2) is 5.82 Å². The lowest BCUT2D eigenvalue weighted by Crippen LogP contribution is -2.54. The van der Waals surface area contributed by atoms with Gasteiger partial charge in [0.2, 0.25) is 0 Å². The molecule has 3 aromatic rings. The van der Waals surface area contributed by atoms with E-state index in [1.54, 1.807) is 18.6 Å². The first-order valence-corrected chi connectivity index (χ1v) is 11.9. The van der Waals surface area contributed by atoms with Crippen molar-refractivity contribution < 1.29 is 9.53 Å². The van der Waals surface area contributed by atoms with Crippen LogP contribution in [0, 0.1) is 0 Å². The topological polar surface area (TPSA) is 111 Å². The molecule has 0 atom stereocenters. The van der Waals surface area contributed by atoms with Gasteiger partial charge in [-0.2, -0.15) is 5.10 Å². The Morgan fingerprint density at radius 2 is 1.97 bits per heavy atom. The van der Waals surface area contributed by atoms with Gasteiger partial charge in [-0.3, -0.25) is 0 Å². The molecule has 4 heterocycles. The molecule has 0 bridgehead atoms. The number of carbonyl (C=O) groups excluding carboxylic acids is 1. The molecule has 0 radical (unpaired) electrons.